The molecular formula is C20H23ClN2O3S. The molecule has 0 aliphatic carbocycles. The third-order valence-electron chi connectivity index (χ3n) is 4.49. The number of halogens is 1. The molecule has 1 fully saturated rings. The molecule has 2 unspecified atom stereocenters. The topological polar surface area (TPSA) is 62.6 Å². The Labute approximate surface area is 168 Å². The number of carbonyl (C=O) groups excluding carboxylic acids is 2. The van der Waals surface area contributed by atoms with E-state index in [1.54, 1.807) is 53.5 Å². The fraction of sp³-hybridized carbons (Fsp3) is 0.400. The van der Waals surface area contributed by atoms with Gasteiger partial charge in [0, 0.05) is 17.9 Å². The van der Waals surface area contributed by atoms with Gasteiger partial charge in [0.2, 0.25) is 5.91 Å². The Bertz CT molecular complexity index is 794. The minimum atomic E-state index is -0.550. The Hall–Kier alpha value is -1.92. The van der Waals surface area contributed by atoms with E-state index in [-0.39, 0.29) is 17.2 Å². The number of furan rings is 1. The molecule has 2 heterocycles. The number of benzene rings is 1. The van der Waals surface area contributed by atoms with Crippen LogP contribution in [-0.2, 0) is 4.79 Å². The Kier molecular flexibility index (Phi) is 6.50. The van der Waals surface area contributed by atoms with Crippen molar-refractivity contribution in [3.63, 3.8) is 0 Å². The van der Waals surface area contributed by atoms with Crippen LogP contribution in [0.5, 0.6) is 0 Å². The lowest BCUT2D eigenvalue weighted by atomic mass is 10.1. The summed E-state index contributed by atoms with van der Waals surface area (Å²) in [4.78, 5) is 27.7. The first kappa shape index (κ1) is 19.8. The molecule has 144 valence electrons. The first-order chi connectivity index (χ1) is 13.0. The highest BCUT2D eigenvalue weighted by molar-refractivity contribution is 7.99. The maximum absolute atomic E-state index is 13.3. The van der Waals surface area contributed by atoms with Crippen molar-refractivity contribution in [2.24, 2.45) is 5.92 Å². The van der Waals surface area contributed by atoms with Gasteiger partial charge < -0.3 is 14.6 Å². The molecule has 2 amide bonds. The number of hydrogen-bond acceptors (Lipinski definition) is 4. The van der Waals surface area contributed by atoms with Crippen LogP contribution < -0.4 is 5.32 Å². The lowest BCUT2D eigenvalue weighted by Gasteiger charge is -2.28. The van der Waals surface area contributed by atoms with E-state index in [9.17, 15) is 9.59 Å². The molecule has 2 aromatic rings. The van der Waals surface area contributed by atoms with Crippen molar-refractivity contribution >= 4 is 35.2 Å². The zero-order chi connectivity index (χ0) is 19.4. The monoisotopic (exact) mass is 406 g/mol. The average molecular weight is 407 g/mol. The highest BCUT2D eigenvalue weighted by Crippen LogP contribution is 2.42. The third kappa shape index (κ3) is 4.50. The Morgan fingerprint density at radius 3 is 2.78 bits per heavy atom. The standard InChI is InChI=1S/C20H23ClN2O3S/c1-13(2)7-9-22-18(24)17-12-27-20(14-8-10-26-11-14)23(17)19(25)15-5-3-4-6-16(15)21/h3-6,8,10-11,13,17,20H,7,9,12H2,1-2H3,(H,22,24). The van der Waals surface area contributed by atoms with E-state index >= 15 is 0 Å². The highest BCUT2D eigenvalue weighted by Gasteiger charge is 2.43. The molecule has 0 saturated carbocycles. The van der Waals surface area contributed by atoms with Gasteiger partial charge in [-0.3, -0.25) is 9.59 Å². The second-order valence-corrected chi connectivity index (χ2v) is 8.44. The second kappa shape index (κ2) is 8.85. The van der Waals surface area contributed by atoms with Crippen LogP contribution in [0.15, 0.2) is 47.3 Å². The van der Waals surface area contributed by atoms with Gasteiger partial charge in [0.1, 0.15) is 11.4 Å². The number of thioether (sulfide) groups is 1. The van der Waals surface area contributed by atoms with E-state index in [2.05, 4.69) is 19.2 Å². The van der Waals surface area contributed by atoms with Gasteiger partial charge in [0.15, 0.2) is 0 Å². The molecule has 1 N–H and O–H groups in total. The van der Waals surface area contributed by atoms with Crippen LogP contribution in [0.2, 0.25) is 5.02 Å². The predicted octanol–water partition coefficient (Wildman–Crippen LogP) is 4.35. The van der Waals surface area contributed by atoms with Gasteiger partial charge in [-0.05, 0) is 30.5 Å². The summed E-state index contributed by atoms with van der Waals surface area (Å²) in [5.41, 5.74) is 1.26. The molecule has 1 aliphatic rings. The number of nitrogens with zero attached hydrogens (tertiary/aromatic N) is 1. The number of rotatable bonds is 6. The van der Waals surface area contributed by atoms with E-state index in [1.807, 2.05) is 6.07 Å². The van der Waals surface area contributed by atoms with E-state index in [1.165, 1.54) is 0 Å². The summed E-state index contributed by atoms with van der Waals surface area (Å²) < 4.78 is 5.19. The maximum atomic E-state index is 13.3. The van der Waals surface area contributed by atoms with Crippen LogP contribution in [0.4, 0.5) is 0 Å². The zero-order valence-corrected chi connectivity index (χ0v) is 16.9. The van der Waals surface area contributed by atoms with Crippen molar-refractivity contribution in [1.82, 2.24) is 10.2 Å². The fourth-order valence-electron chi connectivity index (χ4n) is 3.00. The van der Waals surface area contributed by atoms with Crippen molar-refractivity contribution in [1.29, 1.82) is 0 Å². The molecule has 1 aromatic carbocycles. The molecule has 27 heavy (non-hydrogen) atoms. The SMILES string of the molecule is CC(C)CCNC(=O)C1CSC(c2ccoc2)N1C(=O)c1ccccc1Cl. The Balaban J connectivity index is 1.85. The molecule has 5 nitrogen and oxygen atoms in total. The summed E-state index contributed by atoms with van der Waals surface area (Å²) in [7, 11) is 0. The molecule has 7 heteroatoms. The molecule has 3 rings (SSSR count). The largest absolute Gasteiger partial charge is 0.472 e. The first-order valence-corrected chi connectivity index (χ1v) is 10.4. The molecular weight excluding hydrogens is 384 g/mol. The van der Waals surface area contributed by atoms with Crippen molar-refractivity contribution < 1.29 is 14.0 Å². The van der Waals surface area contributed by atoms with Gasteiger partial charge in [0.25, 0.3) is 5.91 Å². The maximum Gasteiger partial charge on any atom is 0.257 e. The van der Waals surface area contributed by atoms with Gasteiger partial charge in [-0.1, -0.05) is 37.6 Å². The summed E-state index contributed by atoms with van der Waals surface area (Å²) in [6, 6.07) is 8.19. The van der Waals surface area contributed by atoms with Gasteiger partial charge in [-0.25, -0.2) is 0 Å². The van der Waals surface area contributed by atoms with Crippen LogP contribution in [-0.4, -0.2) is 35.1 Å². The van der Waals surface area contributed by atoms with Crippen molar-refractivity contribution in [2.45, 2.75) is 31.7 Å². The Morgan fingerprint density at radius 1 is 1.33 bits per heavy atom. The van der Waals surface area contributed by atoms with Crippen molar-refractivity contribution in [2.75, 3.05) is 12.3 Å². The van der Waals surface area contributed by atoms with Gasteiger partial charge in [0.05, 0.1) is 23.1 Å². The molecule has 0 spiro atoms. The summed E-state index contributed by atoms with van der Waals surface area (Å²) >= 11 is 7.80. The van der Waals surface area contributed by atoms with Crippen molar-refractivity contribution in [3.8, 4) is 0 Å². The van der Waals surface area contributed by atoms with E-state index in [0.29, 0.717) is 28.8 Å². The van der Waals surface area contributed by atoms with Gasteiger partial charge in [-0.2, -0.15) is 0 Å². The van der Waals surface area contributed by atoms with Crippen LogP contribution in [0, 0.1) is 5.92 Å². The second-order valence-electron chi connectivity index (χ2n) is 6.92. The zero-order valence-electron chi connectivity index (χ0n) is 15.4. The number of nitrogens with one attached hydrogen (secondary N) is 1. The molecule has 2 atom stereocenters. The predicted molar refractivity (Wildman–Crippen MR) is 108 cm³/mol. The minimum Gasteiger partial charge on any atom is -0.472 e. The first-order valence-electron chi connectivity index (χ1n) is 8.97. The molecule has 0 bridgehead atoms. The molecule has 1 saturated heterocycles. The number of hydrogen-bond donors (Lipinski definition) is 1. The van der Waals surface area contributed by atoms with Gasteiger partial charge >= 0.3 is 0 Å². The van der Waals surface area contributed by atoms with Gasteiger partial charge in [-0.15, -0.1) is 11.8 Å². The van der Waals surface area contributed by atoms with E-state index in [4.69, 9.17) is 16.0 Å². The highest BCUT2D eigenvalue weighted by atomic mass is 35.5. The summed E-state index contributed by atoms with van der Waals surface area (Å²) in [6.45, 7) is 4.82. The fourth-order valence-corrected chi connectivity index (χ4v) is 4.63. The van der Waals surface area contributed by atoms with Crippen LogP contribution in [0.25, 0.3) is 0 Å². The van der Waals surface area contributed by atoms with Crippen molar-refractivity contribution in [3.05, 3.63) is 59.0 Å². The minimum absolute atomic E-state index is 0.130. The number of carbonyl (C=O) groups is 2. The van der Waals surface area contributed by atoms with E-state index < -0.39 is 6.04 Å². The number of amides is 2. The normalized spacial score (nSPS) is 19.5. The third-order valence-corrected chi connectivity index (χ3v) is 6.14. The van der Waals surface area contributed by atoms with Crippen LogP contribution >= 0.6 is 23.4 Å². The average Bonchev–Trinajstić information content (AvgIpc) is 3.30. The summed E-state index contributed by atoms with van der Waals surface area (Å²) in [5, 5.41) is 3.07. The lowest BCUT2D eigenvalue weighted by molar-refractivity contribution is -0.124. The van der Waals surface area contributed by atoms with E-state index in [0.717, 1.165) is 12.0 Å². The molecule has 1 aliphatic heterocycles. The smallest absolute Gasteiger partial charge is 0.257 e. The molecule has 1 aromatic heterocycles. The molecule has 0 radical (unpaired) electrons. The lowest BCUT2D eigenvalue weighted by Crippen LogP contribution is -2.48. The summed E-state index contributed by atoms with van der Waals surface area (Å²) in [6.07, 6.45) is 4.09. The Morgan fingerprint density at radius 2 is 2.11 bits per heavy atom. The summed E-state index contributed by atoms with van der Waals surface area (Å²) in [5.74, 6) is 0.651. The van der Waals surface area contributed by atoms with Crippen LogP contribution in [0.3, 0.4) is 0 Å². The quantitative estimate of drug-likeness (QED) is 0.774. The van der Waals surface area contributed by atoms with Crippen LogP contribution in [0.1, 0.15) is 41.6 Å².